The van der Waals surface area contributed by atoms with Crippen molar-refractivity contribution in [1.29, 1.82) is 0 Å². The number of hydrogen-bond donors (Lipinski definition) is 1. The third kappa shape index (κ3) is 6.60. The highest BCUT2D eigenvalue weighted by molar-refractivity contribution is 7.53. The lowest BCUT2D eigenvalue weighted by molar-refractivity contribution is -0.134. The summed E-state index contributed by atoms with van der Waals surface area (Å²) in [5, 5.41) is 6.23. The molecule has 0 radical (unpaired) electrons. The van der Waals surface area contributed by atoms with E-state index in [1.165, 1.54) is 12.1 Å². The van der Waals surface area contributed by atoms with Crippen molar-refractivity contribution in [1.82, 2.24) is 14.5 Å². The first kappa shape index (κ1) is 22.4. The summed E-state index contributed by atoms with van der Waals surface area (Å²) in [7, 11) is -1.24. The van der Waals surface area contributed by atoms with Crippen molar-refractivity contribution in [3.05, 3.63) is 42.1 Å². The van der Waals surface area contributed by atoms with Crippen LogP contribution in [0.3, 0.4) is 0 Å². The fourth-order valence-corrected chi connectivity index (χ4v) is 2.94. The third-order valence-electron chi connectivity index (χ3n) is 3.53. The number of aromatic nitrogens is 3. The third-order valence-corrected chi connectivity index (χ3v) is 4.46. The van der Waals surface area contributed by atoms with E-state index >= 15 is 0 Å². The van der Waals surface area contributed by atoms with E-state index in [0.29, 0.717) is 6.42 Å². The van der Waals surface area contributed by atoms with Crippen LogP contribution in [0.25, 0.3) is 0 Å². The molecule has 0 fully saturated rings. The van der Waals surface area contributed by atoms with Crippen LogP contribution in [0.15, 0.2) is 24.3 Å². The molecule has 0 saturated carbocycles. The van der Waals surface area contributed by atoms with Crippen molar-refractivity contribution >= 4 is 31.8 Å². The zero-order chi connectivity index (χ0) is 21.6. The first-order valence-corrected chi connectivity index (χ1v) is 10.5. The lowest BCUT2D eigenvalue weighted by Gasteiger charge is -2.09. The highest BCUT2D eigenvalue weighted by Crippen LogP contribution is 2.27. The van der Waals surface area contributed by atoms with Gasteiger partial charge in [-0.1, -0.05) is 12.1 Å². The number of esters is 1. The quantitative estimate of drug-likeness (QED) is 0.299. The predicted molar refractivity (Wildman–Crippen MR) is 104 cm³/mol. The standard InChI is InChI=1S/C18H19F3N4O3P/c1-4-5-10-15(26)28-13-9-7-6-8-12(13)16(27)23-17-22-14(11-18(19,20)21)24-25(17)29(2)3/h4,6-9H,2,5,10-11H2,1,3H3/q+1/p+1. The van der Waals surface area contributed by atoms with E-state index in [-0.39, 0.29) is 23.7 Å². The van der Waals surface area contributed by atoms with E-state index in [2.05, 4.69) is 21.7 Å². The van der Waals surface area contributed by atoms with Crippen molar-refractivity contribution in [2.45, 2.75) is 32.4 Å². The molecule has 1 amide bonds. The molecule has 0 saturated heterocycles. The van der Waals surface area contributed by atoms with Gasteiger partial charge in [-0.25, -0.2) is 0 Å². The van der Waals surface area contributed by atoms with Crippen LogP contribution < -0.4 is 10.1 Å². The first-order chi connectivity index (χ1) is 13.6. The number of carbonyl (C=O) groups is 2. The minimum absolute atomic E-state index is 0.0396. The van der Waals surface area contributed by atoms with Gasteiger partial charge in [0.15, 0.2) is 5.82 Å². The molecule has 2 aromatic rings. The molecule has 0 spiro atoms. The van der Waals surface area contributed by atoms with Gasteiger partial charge in [-0.15, -0.1) is 5.10 Å². The van der Waals surface area contributed by atoms with Crippen molar-refractivity contribution in [3.8, 4) is 5.75 Å². The molecular weight excluding hydrogens is 408 g/mol. The summed E-state index contributed by atoms with van der Waals surface area (Å²) in [6.45, 7) is 3.46. The van der Waals surface area contributed by atoms with Gasteiger partial charge in [-0.2, -0.15) is 18.2 Å². The zero-order valence-electron chi connectivity index (χ0n) is 15.9. The molecule has 11 heteroatoms. The van der Waals surface area contributed by atoms with E-state index in [1.54, 1.807) is 18.8 Å². The molecule has 2 rings (SSSR count). The van der Waals surface area contributed by atoms with E-state index < -0.39 is 38.0 Å². The molecule has 1 atom stereocenters. The number of alkyl halides is 3. The average molecular weight is 428 g/mol. The SMILES string of the molecule is C=[P+](C)n1nc(CC(F)(F)F)nc1NC(=O)c1ccccc1OC(=O)CC[CH+]C. The summed E-state index contributed by atoms with van der Waals surface area (Å²) in [6, 6.07) is 6.05. The molecule has 0 aliphatic carbocycles. The molecule has 7 nitrogen and oxygen atoms in total. The molecule has 29 heavy (non-hydrogen) atoms. The largest absolute Gasteiger partial charge is 0.426 e. The van der Waals surface area contributed by atoms with Crippen molar-refractivity contribution < 1.29 is 27.5 Å². The Labute approximate surface area is 166 Å². The van der Waals surface area contributed by atoms with Gasteiger partial charge in [-0.3, -0.25) is 14.9 Å². The van der Waals surface area contributed by atoms with Crippen molar-refractivity contribution in [3.63, 3.8) is 0 Å². The van der Waals surface area contributed by atoms with E-state index in [4.69, 9.17) is 4.74 Å². The number of unbranched alkanes of at least 4 members (excludes halogenated alkanes) is 1. The van der Waals surface area contributed by atoms with Gasteiger partial charge in [0.05, 0.1) is 38.0 Å². The smallest absolute Gasteiger partial charge is 0.396 e. The number of ether oxygens (including phenoxy) is 1. The van der Waals surface area contributed by atoms with Gasteiger partial charge in [0.2, 0.25) is 7.70 Å². The van der Waals surface area contributed by atoms with Crippen LogP contribution >= 0.6 is 7.70 Å². The number of halogens is 3. The van der Waals surface area contributed by atoms with Crippen LogP contribution in [0.5, 0.6) is 5.75 Å². The molecule has 0 bridgehead atoms. The van der Waals surface area contributed by atoms with E-state index in [0.717, 1.165) is 4.45 Å². The molecule has 1 unspecified atom stereocenters. The number of hydrogen-bond acceptors (Lipinski definition) is 5. The molecule has 1 aromatic carbocycles. The molecule has 0 aliphatic rings. The molecule has 154 valence electrons. The zero-order valence-corrected chi connectivity index (χ0v) is 16.8. The van der Waals surface area contributed by atoms with E-state index in [9.17, 15) is 22.8 Å². The fourth-order valence-electron chi connectivity index (χ4n) is 2.26. The Morgan fingerprint density at radius 3 is 2.66 bits per heavy atom. The Morgan fingerprint density at radius 2 is 2.03 bits per heavy atom. The Balaban J connectivity index is 2.24. The van der Waals surface area contributed by atoms with Gasteiger partial charge in [0.1, 0.15) is 18.8 Å². The second kappa shape index (κ2) is 9.56. The van der Waals surface area contributed by atoms with Gasteiger partial charge in [-0.05, 0) is 16.6 Å². The maximum Gasteiger partial charge on any atom is 0.396 e. The number of rotatable bonds is 8. The predicted octanol–water partition coefficient (Wildman–Crippen LogP) is 3.85. The average Bonchev–Trinajstić information content (AvgIpc) is 3.00. The lowest BCUT2D eigenvalue weighted by Crippen LogP contribution is -2.17. The van der Waals surface area contributed by atoms with Gasteiger partial charge in [0.25, 0.3) is 11.9 Å². The summed E-state index contributed by atoms with van der Waals surface area (Å²) in [6.07, 6.45) is 0.454. The summed E-state index contributed by atoms with van der Waals surface area (Å²) in [4.78, 5) is 28.3. The number of amides is 1. The summed E-state index contributed by atoms with van der Waals surface area (Å²) >= 11 is 0. The summed E-state index contributed by atoms with van der Waals surface area (Å²) in [5.74, 6) is -1.78. The highest BCUT2D eigenvalue weighted by Gasteiger charge is 2.32. The maximum atomic E-state index is 12.7. The number of nitrogens with zero attached hydrogens (tertiary/aromatic N) is 3. The minimum atomic E-state index is -4.48. The van der Waals surface area contributed by atoms with Crippen molar-refractivity contribution in [2.24, 2.45) is 0 Å². The Morgan fingerprint density at radius 1 is 1.34 bits per heavy atom. The molecule has 1 aromatic heterocycles. The number of anilines is 1. The number of carbonyl (C=O) groups excluding carboxylic acids is 2. The fraction of sp³-hybridized carbons (Fsp3) is 0.333. The first-order valence-electron chi connectivity index (χ1n) is 8.56. The normalized spacial score (nSPS) is 11.7. The molecule has 1 N–H and O–H groups in total. The maximum absolute atomic E-state index is 12.7. The van der Waals surface area contributed by atoms with Crippen LogP contribution in [0.1, 0.15) is 35.9 Å². The minimum Gasteiger partial charge on any atom is -0.426 e. The second-order valence-corrected chi connectivity index (χ2v) is 7.76. The van der Waals surface area contributed by atoms with Gasteiger partial charge < -0.3 is 4.74 Å². The monoisotopic (exact) mass is 428 g/mol. The second-order valence-electron chi connectivity index (χ2n) is 6.06. The topological polar surface area (TPSA) is 86.1 Å². The van der Waals surface area contributed by atoms with Crippen molar-refractivity contribution in [2.75, 3.05) is 12.0 Å². The van der Waals surface area contributed by atoms with Crippen LogP contribution in [0, 0.1) is 6.42 Å². The van der Waals surface area contributed by atoms with Crippen LogP contribution in [-0.2, 0) is 11.2 Å². The van der Waals surface area contributed by atoms with Gasteiger partial charge >= 0.3 is 12.1 Å². The Hall–Kier alpha value is -2.87. The summed E-state index contributed by atoms with van der Waals surface area (Å²) in [5.41, 5.74) is 0.0396. The highest BCUT2D eigenvalue weighted by atomic mass is 31.1. The molecule has 1 heterocycles. The Kier molecular flexibility index (Phi) is 7.39. The van der Waals surface area contributed by atoms with E-state index in [1.807, 2.05) is 13.3 Å². The number of benzene rings is 1. The van der Waals surface area contributed by atoms with Gasteiger partial charge in [0, 0.05) is 0 Å². The molecule has 0 aliphatic heterocycles. The van der Waals surface area contributed by atoms with Crippen LogP contribution in [0.4, 0.5) is 19.1 Å². The molecular formula is C18H20F3N4O3P+2. The number of nitrogens with one attached hydrogen (secondary N) is 1. The summed E-state index contributed by atoms with van der Waals surface area (Å²) < 4.78 is 44.3. The van der Waals surface area contributed by atoms with Crippen LogP contribution in [-0.4, -0.2) is 45.6 Å². The van der Waals surface area contributed by atoms with Crippen LogP contribution in [0.2, 0.25) is 0 Å². The Bertz CT molecular complexity index is 912. The lowest BCUT2D eigenvalue weighted by atomic mass is 10.2. The number of para-hydroxylation sites is 1.